The SMILES string of the molecule is CCCCCCCCn1c(=O)c(OCCCC)c(OCC=C(C)CCC=C(C)C)c2ccc(N)cc21. The third-order valence-corrected chi connectivity index (χ3v) is 6.43. The molecule has 0 saturated carbocycles. The van der Waals surface area contributed by atoms with Gasteiger partial charge in [0.25, 0.3) is 5.56 Å². The summed E-state index contributed by atoms with van der Waals surface area (Å²) >= 11 is 0. The van der Waals surface area contributed by atoms with Gasteiger partial charge in [0, 0.05) is 17.6 Å². The quantitative estimate of drug-likeness (QED) is 0.136. The van der Waals surface area contributed by atoms with Gasteiger partial charge in [0.1, 0.15) is 6.61 Å². The summed E-state index contributed by atoms with van der Waals surface area (Å²) in [4.78, 5) is 13.7. The first-order chi connectivity index (χ1) is 17.4. The van der Waals surface area contributed by atoms with Crippen LogP contribution in [0.25, 0.3) is 10.9 Å². The molecule has 0 fully saturated rings. The van der Waals surface area contributed by atoms with Crippen LogP contribution in [0.5, 0.6) is 11.5 Å². The van der Waals surface area contributed by atoms with Crippen molar-refractivity contribution in [3.8, 4) is 11.5 Å². The molecule has 0 radical (unpaired) electrons. The van der Waals surface area contributed by atoms with Gasteiger partial charge in [-0.1, -0.05) is 69.6 Å². The second kappa shape index (κ2) is 16.1. The van der Waals surface area contributed by atoms with E-state index in [-0.39, 0.29) is 5.56 Å². The summed E-state index contributed by atoms with van der Waals surface area (Å²) < 4.78 is 14.2. The Hall–Kier alpha value is -2.69. The molecule has 2 N–H and O–H groups in total. The second-order valence-electron chi connectivity index (χ2n) is 10.0. The van der Waals surface area contributed by atoms with Crippen molar-refractivity contribution < 1.29 is 9.47 Å². The standard InChI is InChI=1S/C31H48N2O3/c1-6-8-10-11-12-13-20-33-28-23-26(32)17-18-27(28)29(30(31(33)34)35-21-9-7-2)36-22-19-25(5)16-14-15-24(3)4/h15,17-19,23H,6-14,16,20-22,32H2,1-5H3. The first kappa shape index (κ1) is 29.5. The molecule has 0 bridgehead atoms. The lowest BCUT2D eigenvalue weighted by molar-refractivity contribution is 0.274. The molecular weight excluding hydrogens is 448 g/mol. The molecule has 0 saturated heterocycles. The number of rotatable bonds is 17. The minimum Gasteiger partial charge on any atom is -0.485 e. The monoisotopic (exact) mass is 496 g/mol. The fourth-order valence-corrected chi connectivity index (χ4v) is 4.23. The van der Waals surface area contributed by atoms with E-state index < -0.39 is 0 Å². The molecule has 1 aromatic carbocycles. The van der Waals surface area contributed by atoms with Crippen LogP contribution >= 0.6 is 0 Å². The van der Waals surface area contributed by atoms with Crippen molar-refractivity contribution in [1.29, 1.82) is 0 Å². The van der Waals surface area contributed by atoms with Crippen LogP contribution in [0.2, 0.25) is 0 Å². The first-order valence-electron chi connectivity index (χ1n) is 13.9. The number of anilines is 1. The Morgan fingerprint density at radius 3 is 2.36 bits per heavy atom. The third kappa shape index (κ3) is 9.40. The number of nitrogens with zero attached hydrogens (tertiary/aromatic N) is 1. The van der Waals surface area contributed by atoms with E-state index in [2.05, 4.69) is 46.8 Å². The van der Waals surface area contributed by atoms with Gasteiger partial charge in [-0.15, -0.1) is 0 Å². The number of allylic oxidation sites excluding steroid dienone is 3. The van der Waals surface area contributed by atoms with E-state index >= 15 is 0 Å². The highest BCUT2D eigenvalue weighted by atomic mass is 16.5. The normalized spacial score (nSPS) is 11.6. The van der Waals surface area contributed by atoms with Crippen molar-refractivity contribution >= 4 is 16.6 Å². The number of aryl methyl sites for hydroxylation is 1. The van der Waals surface area contributed by atoms with Crippen LogP contribution in [-0.4, -0.2) is 17.8 Å². The van der Waals surface area contributed by atoms with Crippen LogP contribution < -0.4 is 20.8 Å². The third-order valence-electron chi connectivity index (χ3n) is 6.43. The highest BCUT2D eigenvalue weighted by Gasteiger charge is 2.20. The molecule has 0 unspecified atom stereocenters. The maximum atomic E-state index is 13.7. The number of unbranched alkanes of at least 4 members (excludes halogenated alkanes) is 6. The molecule has 1 aromatic heterocycles. The number of pyridine rings is 1. The lowest BCUT2D eigenvalue weighted by Crippen LogP contribution is -2.24. The molecular formula is C31H48N2O3. The average molecular weight is 497 g/mol. The highest BCUT2D eigenvalue weighted by Crippen LogP contribution is 2.34. The number of fused-ring (bicyclic) bond motifs is 1. The number of benzene rings is 1. The first-order valence-corrected chi connectivity index (χ1v) is 13.9. The summed E-state index contributed by atoms with van der Waals surface area (Å²) in [6.07, 6.45) is 15.3. The summed E-state index contributed by atoms with van der Waals surface area (Å²) in [5.74, 6) is 0.848. The van der Waals surface area contributed by atoms with E-state index in [4.69, 9.17) is 15.2 Å². The summed E-state index contributed by atoms with van der Waals surface area (Å²) in [5.41, 5.74) is 10.1. The Labute approximate surface area is 218 Å². The summed E-state index contributed by atoms with van der Waals surface area (Å²) in [5, 5.41) is 0.872. The number of nitrogens with two attached hydrogens (primary N) is 1. The van der Waals surface area contributed by atoms with Crippen LogP contribution in [0.3, 0.4) is 0 Å². The summed E-state index contributed by atoms with van der Waals surface area (Å²) in [6.45, 7) is 12.2. The van der Waals surface area contributed by atoms with Gasteiger partial charge < -0.3 is 19.8 Å². The molecule has 0 aliphatic carbocycles. The molecule has 2 aromatic rings. The Morgan fingerprint density at radius 1 is 0.917 bits per heavy atom. The Morgan fingerprint density at radius 2 is 1.64 bits per heavy atom. The zero-order valence-corrected chi connectivity index (χ0v) is 23.3. The van der Waals surface area contributed by atoms with Gasteiger partial charge in [0.2, 0.25) is 5.75 Å². The van der Waals surface area contributed by atoms with Gasteiger partial charge in [-0.2, -0.15) is 0 Å². The number of nitrogen functional groups attached to an aromatic ring is 1. The fraction of sp³-hybridized carbons (Fsp3) is 0.581. The Balaban J connectivity index is 2.35. The smallest absolute Gasteiger partial charge is 0.297 e. The van der Waals surface area contributed by atoms with Crippen LogP contribution in [0.1, 0.15) is 98.8 Å². The van der Waals surface area contributed by atoms with Crippen molar-refractivity contribution in [3.05, 3.63) is 51.9 Å². The second-order valence-corrected chi connectivity index (χ2v) is 10.0. The van der Waals surface area contributed by atoms with Crippen molar-refractivity contribution in [2.24, 2.45) is 0 Å². The molecule has 36 heavy (non-hydrogen) atoms. The van der Waals surface area contributed by atoms with Gasteiger partial charge in [0.05, 0.1) is 12.1 Å². The van der Waals surface area contributed by atoms with E-state index in [9.17, 15) is 4.79 Å². The fourth-order valence-electron chi connectivity index (χ4n) is 4.23. The van der Waals surface area contributed by atoms with Crippen molar-refractivity contribution in [2.45, 2.75) is 105 Å². The maximum absolute atomic E-state index is 13.7. The molecule has 5 nitrogen and oxygen atoms in total. The van der Waals surface area contributed by atoms with Crippen molar-refractivity contribution in [1.82, 2.24) is 4.57 Å². The average Bonchev–Trinajstić information content (AvgIpc) is 2.84. The molecule has 0 aliphatic heterocycles. The molecule has 200 valence electrons. The van der Waals surface area contributed by atoms with Crippen LogP contribution in [0, 0.1) is 0 Å². The number of aromatic nitrogens is 1. The van der Waals surface area contributed by atoms with Crippen LogP contribution in [-0.2, 0) is 6.54 Å². The topological polar surface area (TPSA) is 66.5 Å². The molecule has 2 rings (SSSR count). The van der Waals surface area contributed by atoms with E-state index in [0.29, 0.717) is 36.9 Å². The highest BCUT2D eigenvalue weighted by molar-refractivity contribution is 5.90. The van der Waals surface area contributed by atoms with Gasteiger partial charge in [0.15, 0.2) is 5.75 Å². The van der Waals surface area contributed by atoms with E-state index in [0.717, 1.165) is 49.4 Å². The molecule has 0 spiro atoms. The van der Waals surface area contributed by atoms with Gasteiger partial charge in [-0.05, 0) is 70.7 Å². The minimum absolute atomic E-state index is 0.128. The largest absolute Gasteiger partial charge is 0.485 e. The molecule has 1 heterocycles. The van der Waals surface area contributed by atoms with Gasteiger partial charge >= 0.3 is 0 Å². The van der Waals surface area contributed by atoms with E-state index in [1.807, 2.05) is 22.8 Å². The van der Waals surface area contributed by atoms with E-state index in [1.165, 1.54) is 36.8 Å². The van der Waals surface area contributed by atoms with Crippen molar-refractivity contribution in [3.63, 3.8) is 0 Å². The number of hydrogen-bond acceptors (Lipinski definition) is 4. The Bertz CT molecular complexity index is 1060. The van der Waals surface area contributed by atoms with Crippen LogP contribution in [0.15, 0.2) is 46.3 Å². The summed E-state index contributed by atoms with van der Waals surface area (Å²) in [6, 6.07) is 5.71. The van der Waals surface area contributed by atoms with Crippen molar-refractivity contribution in [2.75, 3.05) is 18.9 Å². The predicted octanol–water partition coefficient (Wildman–Crippen LogP) is 8.19. The van der Waals surface area contributed by atoms with E-state index in [1.54, 1.807) is 0 Å². The summed E-state index contributed by atoms with van der Waals surface area (Å²) in [7, 11) is 0. The van der Waals surface area contributed by atoms with Gasteiger partial charge in [-0.25, -0.2) is 0 Å². The molecule has 0 aliphatic rings. The zero-order chi connectivity index (χ0) is 26.3. The molecule has 0 amide bonds. The zero-order valence-electron chi connectivity index (χ0n) is 23.3. The number of hydrogen-bond donors (Lipinski definition) is 1. The molecule has 0 atom stereocenters. The predicted molar refractivity (Wildman–Crippen MR) is 154 cm³/mol. The minimum atomic E-state index is -0.128. The number of ether oxygens (including phenoxy) is 2. The van der Waals surface area contributed by atoms with Crippen LogP contribution in [0.4, 0.5) is 5.69 Å². The van der Waals surface area contributed by atoms with Gasteiger partial charge in [-0.3, -0.25) is 4.79 Å². The molecule has 5 heteroatoms. The lowest BCUT2D eigenvalue weighted by atomic mass is 10.1. The Kier molecular flexibility index (Phi) is 13.2. The maximum Gasteiger partial charge on any atom is 0.297 e. The lowest BCUT2D eigenvalue weighted by Gasteiger charge is -2.19.